The molecule has 28 heavy (non-hydrogen) atoms. The fourth-order valence-electron chi connectivity index (χ4n) is 3.05. The number of nitrogens with zero attached hydrogens (tertiary/aromatic N) is 3. The molecule has 0 amide bonds. The summed E-state index contributed by atoms with van der Waals surface area (Å²) in [5.41, 5.74) is 2.24. The van der Waals surface area contributed by atoms with E-state index in [0.717, 1.165) is 22.5 Å². The number of fused-ring (bicyclic) bond motifs is 1. The molecule has 0 spiro atoms. The Balaban J connectivity index is 1.41. The van der Waals surface area contributed by atoms with E-state index in [9.17, 15) is 13.2 Å². The number of rotatable bonds is 2. The highest BCUT2D eigenvalue weighted by molar-refractivity contribution is 7.12. The summed E-state index contributed by atoms with van der Waals surface area (Å²) in [4.78, 5) is 11.6. The van der Waals surface area contributed by atoms with Gasteiger partial charge in [0, 0.05) is 48.3 Å². The van der Waals surface area contributed by atoms with Gasteiger partial charge in [-0.2, -0.15) is 13.2 Å². The van der Waals surface area contributed by atoms with Crippen molar-refractivity contribution in [2.24, 2.45) is 0 Å². The second kappa shape index (κ2) is 7.74. The standard InChI is InChI=1S/C21H16F3N3S/c22-21(23,24)20-25-12-16-13-27(11-10-19(16)26-20)14-18-9-8-17(28-18)7-6-15-4-2-1-3-5-15/h1-5,8-9,12H,10-11,13-14H2. The summed E-state index contributed by atoms with van der Waals surface area (Å²) < 4.78 is 38.3. The van der Waals surface area contributed by atoms with Gasteiger partial charge in [-0.05, 0) is 24.3 Å². The molecule has 0 radical (unpaired) electrons. The SMILES string of the molecule is FC(F)(F)c1ncc2c(n1)CCN(Cc1ccc(C#Cc3ccccc3)s1)C2. The van der Waals surface area contributed by atoms with Crippen LogP contribution in [-0.4, -0.2) is 21.4 Å². The van der Waals surface area contributed by atoms with E-state index in [1.54, 1.807) is 11.3 Å². The number of benzene rings is 1. The van der Waals surface area contributed by atoms with Crippen LogP contribution in [0.5, 0.6) is 0 Å². The predicted octanol–water partition coefficient (Wildman–Crippen LogP) is 4.52. The van der Waals surface area contributed by atoms with Gasteiger partial charge in [0.05, 0.1) is 10.6 Å². The number of halogens is 3. The molecule has 2 aromatic heterocycles. The Morgan fingerprint density at radius 2 is 1.89 bits per heavy atom. The zero-order chi connectivity index (χ0) is 19.6. The third kappa shape index (κ3) is 4.41. The Morgan fingerprint density at radius 1 is 1.07 bits per heavy atom. The van der Waals surface area contributed by atoms with Crippen LogP contribution >= 0.6 is 11.3 Å². The smallest absolute Gasteiger partial charge is 0.293 e. The molecule has 1 aromatic carbocycles. The summed E-state index contributed by atoms with van der Waals surface area (Å²) >= 11 is 1.64. The van der Waals surface area contributed by atoms with Crippen molar-refractivity contribution < 1.29 is 13.2 Å². The minimum Gasteiger partial charge on any atom is -0.293 e. The molecule has 0 saturated carbocycles. The molecule has 0 atom stereocenters. The lowest BCUT2D eigenvalue weighted by molar-refractivity contribution is -0.145. The molecular formula is C21H16F3N3S. The summed E-state index contributed by atoms with van der Waals surface area (Å²) in [7, 11) is 0. The first-order valence-corrected chi connectivity index (χ1v) is 9.59. The van der Waals surface area contributed by atoms with Crippen LogP contribution in [0.3, 0.4) is 0 Å². The molecule has 0 bridgehead atoms. The quantitative estimate of drug-likeness (QED) is 0.594. The van der Waals surface area contributed by atoms with Crippen molar-refractivity contribution in [1.82, 2.24) is 14.9 Å². The van der Waals surface area contributed by atoms with Crippen molar-refractivity contribution in [1.29, 1.82) is 0 Å². The monoisotopic (exact) mass is 399 g/mol. The Labute approximate surface area is 164 Å². The second-order valence-electron chi connectivity index (χ2n) is 6.51. The summed E-state index contributed by atoms with van der Waals surface area (Å²) in [5.74, 6) is 5.27. The van der Waals surface area contributed by atoms with Gasteiger partial charge in [-0.15, -0.1) is 11.3 Å². The molecule has 7 heteroatoms. The Kier molecular flexibility index (Phi) is 5.16. The minimum atomic E-state index is -4.50. The molecule has 4 rings (SSSR count). The van der Waals surface area contributed by atoms with Crippen molar-refractivity contribution >= 4 is 11.3 Å². The van der Waals surface area contributed by atoms with Gasteiger partial charge >= 0.3 is 6.18 Å². The minimum absolute atomic E-state index is 0.493. The summed E-state index contributed by atoms with van der Waals surface area (Å²) in [6, 6.07) is 13.9. The molecule has 0 fully saturated rings. The first-order chi connectivity index (χ1) is 13.5. The van der Waals surface area contributed by atoms with Crippen LogP contribution in [0.4, 0.5) is 13.2 Å². The number of hydrogen-bond donors (Lipinski definition) is 0. The number of alkyl halides is 3. The van der Waals surface area contributed by atoms with Gasteiger partial charge < -0.3 is 0 Å². The lowest BCUT2D eigenvalue weighted by Gasteiger charge is -2.27. The molecule has 0 unspecified atom stereocenters. The van der Waals surface area contributed by atoms with Crippen LogP contribution in [0.1, 0.15) is 32.4 Å². The molecule has 0 saturated heterocycles. The van der Waals surface area contributed by atoms with E-state index in [1.807, 2.05) is 36.4 Å². The zero-order valence-electron chi connectivity index (χ0n) is 14.8. The highest BCUT2D eigenvalue weighted by Crippen LogP contribution is 2.28. The van der Waals surface area contributed by atoms with E-state index in [-0.39, 0.29) is 0 Å². The lowest BCUT2D eigenvalue weighted by atomic mass is 10.1. The van der Waals surface area contributed by atoms with E-state index in [4.69, 9.17) is 0 Å². The molecule has 0 aliphatic carbocycles. The predicted molar refractivity (Wildman–Crippen MR) is 102 cm³/mol. The second-order valence-corrected chi connectivity index (χ2v) is 7.67. The van der Waals surface area contributed by atoms with E-state index in [1.165, 1.54) is 11.1 Å². The number of aromatic nitrogens is 2. The maximum absolute atomic E-state index is 12.8. The number of thiophene rings is 1. The van der Waals surface area contributed by atoms with E-state index in [2.05, 4.69) is 32.8 Å². The third-order valence-electron chi connectivity index (χ3n) is 4.41. The lowest BCUT2D eigenvalue weighted by Crippen LogP contribution is -2.31. The molecule has 1 aliphatic rings. The van der Waals surface area contributed by atoms with Crippen molar-refractivity contribution in [3.8, 4) is 11.8 Å². The van der Waals surface area contributed by atoms with Crippen LogP contribution in [-0.2, 0) is 25.7 Å². The first-order valence-electron chi connectivity index (χ1n) is 8.77. The summed E-state index contributed by atoms with van der Waals surface area (Å²) in [6.45, 7) is 1.96. The molecule has 3 aromatic rings. The fourth-order valence-corrected chi connectivity index (χ4v) is 3.96. The average Bonchev–Trinajstić information content (AvgIpc) is 3.13. The first kappa shape index (κ1) is 18.7. The van der Waals surface area contributed by atoms with Crippen LogP contribution in [0.2, 0.25) is 0 Å². The Hall–Kier alpha value is -2.69. The van der Waals surface area contributed by atoms with Crippen LogP contribution in [0, 0.1) is 11.8 Å². The molecule has 3 heterocycles. The van der Waals surface area contributed by atoms with Gasteiger partial charge in [-0.3, -0.25) is 4.90 Å². The van der Waals surface area contributed by atoms with Crippen LogP contribution in [0.15, 0.2) is 48.7 Å². The van der Waals surface area contributed by atoms with Gasteiger partial charge in [0.25, 0.3) is 0 Å². The summed E-state index contributed by atoms with van der Waals surface area (Å²) in [5, 5.41) is 0. The van der Waals surface area contributed by atoms with Crippen molar-refractivity contribution in [2.75, 3.05) is 6.54 Å². The van der Waals surface area contributed by atoms with Gasteiger partial charge in [-0.25, -0.2) is 9.97 Å². The fraction of sp³-hybridized carbons (Fsp3) is 0.238. The van der Waals surface area contributed by atoms with Crippen LogP contribution in [0.25, 0.3) is 0 Å². The molecule has 1 aliphatic heterocycles. The normalized spacial score (nSPS) is 14.2. The number of hydrogen-bond acceptors (Lipinski definition) is 4. The molecular weight excluding hydrogens is 383 g/mol. The van der Waals surface area contributed by atoms with Crippen molar-refractivity contribution in [3.63, 3.8) is 0 Å². The largest absolute Gasteiger partial charge is 0.451 e. The maximum Gasteiger partial charge on any atom is 0.451 e. The van der Waals surface area contributed by atoms with Crippen molar-refractivity contribution in [3.05, 3.63) is 81.1 Å². The van der Waals surface area contributed by atoms with E-state index in [0.29, 0.717) is 25.2 Å². The Morgan fingerprint density at radius 3 is 2.68 bits per heavy atom. The zero-order valence-corrected chi connectivity index (χ0v) is 15.6. The molecule has 142 valence electrons. The van der Waals surface area contributed by atoms with E-state index < -0.39 is 12.0 Å². The highest BCUT2D eigenvalue weighted by atomic mass is 32.1. The van der Waals surface area contributed by atoms with E-state index >= 15 is 0 Å². The Bertz CT molecular complexity index is 1030. The summed E-state index contributed by atoms with van der Waals surface area (Å²) in [6.07, 6.45) is -2.70. The molecule has 0 N–H and O–H groups in total. The van der Waals surface area contributed by atoms with Gasteiger partial charge in [-0.1, -0.05) is 30.0 Å². The van der Waals surface area contributed by atoms with Gasteiger partial charge in [0.15, 0.2) is 0 Å². The van der Waals surface area contributed by atoms with Gasteiger partial charge in [0.1, 0.15) is 0 Å². The van der Waals surface area contributed by atoms with Gasteiger partial charge in [0.2, 0.25) is 5.82 Å². The maximum atomic E-state index is 12.8. The topological polar surface area (TPSA) is 29.0 Å². The van der Waals surface area contributed by atoms with Crippen molar-refractivity contribution in [2.45, 2.75) is 25.7 Å². The van der Waals surface area contributed by atoms with Crippen LogP contribution < -0.4 is 0 Å². The third-order valence-corrected chi connectivity index (χ3v) is 5.40. The highest BCUT2D eigenvalue weighted by Gasteiger charge is 2.35. The molecule has 3 nitrogen and oxygen atoms in total. The average molecular weight is 399 g/mol.